The minimum absolute atomic E-state index is 0.769. The van der Waals surface area contributed by atoms with Gasteiger partial charge < -0.3 is 4.90 Å². The summed E-state index contributed by atoms with van der Waals surface area (Å²) in [5.74, 6) is 0.769. The largest absolute Gasteiger partial charge is 0.378 e. The summed E-state index contributed by atoms with van der Waals surface area (Å²) in [5, 5.41) is 14.3. The lowest BCUT2D eigenvalue weighted by atomic mass is 10.1. The van der Waals surface area contributed by atoms with E-state index in [9.17, 15) is 0 Å². The molecule has 0 bridgehead atoms. The fourth-order valence-electron chi connectivity index (χ4n) is 2.60. The van der Waals surface area contributed by atoms with Crippen molar-refractivity contribution in [3.8, 4) is 22.0 Å². The van der Waals surface area contributed by atoms with Crippen molar-refractivity contribution < 1.29 is 0 Å². The van der Waals surface area contributed by atoms with Crippen molar-refractivity contribution in [2.45, 2.75) is 6.92 Å². The van der Waals surface area contributed by atoms with Gasteiger partial charge in [-0.3, -0.25) is 0 Å². The zero-order chi connectivity index (χ0) is 16.7. The summed E-state index contributed by atoms with van der Waals surface area (Å²) in [6.07, 6.45) is 0. The molecule has 0 amide bonds. The quantitative estimate of drug-likeness (QED) is 0.570. The number of anilines is 1. The maximum atomic E-state index is 4.72. The van der Waals surface area contributed by atoms with E-state index < -0.39 is 0 Å². The van der Waals surface area contributed by atoms with Gasteiger partial charge in [-0.25, -0.2) is 0 Å². The summed E-state index contributed by atoms with van der Waals surface area (Å²) in [6, 6.07) is 16.6. The molecule has 2 aromatic carbocycles. The van der Waals surface area contributed by atoms with E-state index in [1.54, 1.807) is 11.3 Å². The van der Waals surface area contributed by atoms with Crippen molar-refractivity contribution in [3.05, 3.63) is 54.1 Å². The first-order valence-corrected chi connectivity index (χ1v) is 8.50. The van der Waals surface area contributed by atoms with Gasteiger partial charge in [0.2, 0.25) is 4.96 Å². The fourth-order valence-corrected chi connectivity index (χ4v) is 3.44. The molecule has 0 atom stereocenters. The Bertz CT molecular complexity index is 998. The molecular weight excluding hydrogens is 318 g/mol. The summed E-state index contributed by atoms with van der Waals surface area (Å²) >= 11 is 1.55. The Morgan fingerprint density at radius 3 is 2.46 bits per heavy atom. The molecule has 0 fully saturated rings. The molecule has 0 aliphatic heterocycles. The monoisotopic (exact) mass is 335 g/mol. The molecule has 0 aliphatic rings. The van der Waals surface area contributed by atoms with Crippen LogP contribution in [0.1, 0.15) is 5.56 Å². The third-order valence-corrected chi connectivity index (χ3v) is 4.85. The highest BCUT2D eigenvalue weighted by Gasteiger charge is 2.14. The van der Waals surface area contributed by atoms with Crippen molar-refractivity contribution in [3.63, 3.8) is 0 Å². The van der Waals surface area contributed by atoms with E-state index in [4.69, 9.17) is 5.10 Å². The fraction of sp³-hybridized carbons (Fsp3) is 0.167. The molecule has 2 aromatic heterocycles. The number of hydrogen-bond donors (Lipinski definition) is 0. The van der Waals surface area contributed by atoms with Crippen molar-refractivity contribution in [1.82, 2.24) is 19.8 Å². The SMILES string of the molecule is Cc1cccc(-c2nn3c(-c4ccc(N(C)C)cc4)nnc3s2)c1. The van der Waals surface area contributed by atoms with E-state index >= 15 is 0 Å². The van der Waals surface area contributed by atoms with Crippen molar-refractivity contribution in [2.75, 3.05) is 19.0 Å². The summed E-state index contributed by atoms with van der Waals surface area (Å²) in [7, 11) is 4.05. The van der Waals surface area contributed by atoms with Crippen LogP contribution in [-0.4, -0.2) is 33.9 Å². The summed E-state index contributed by atoms with van der Waals surface area (Å²) in [6.45, 7) is 2.08. The number of benzene rings is 2. The van der Waals surface area contributed by atoms with Crippen LogP contribution in [0.2, 0.25) is 0 Å². The second-order valence-corrected chi connectivity index (χ2v) is 6.89. The van der Waals surface area contributed by atoms with Gasteiger partial charge in [0, 0.05) is 30.9 Å². The minimum atomic E-state index is 0.769. The number of aryl methyl sites for hydroxylation is 1. The van der Waals surface area contributed by atoms with Gasteiger partial charge in [-0.1, -0.05) is 35.1 Å². The lowest BCUT2D eigenvalue weighted by Gasteiger charge is -2.11. The topological polar surface area (TPSA) is 46.3 Å². The Kier molecular flexibility index (Phi) is 3.54. The zero-order valence-corrected chi connectivity index (χ0v) is 14.6. The van der Waals surface area contributed by atoms with Crippen LogP contribution in [0.25, 0.3) is 26.9 Å². The van der Waals surface area contributed by atoms with Crippen molar-refractivity contribution >= 4 is 22.0 Å². The van der Waals surface area contributed by atoms with E-state index in [0.717, 1.165) is 32.6 Å². The lowest BCUT2D eigenvalue weighted by Crippen LogP contribution is -2.08. The molecule has 0 saturated heterocycles. The average molecular weight is 335 g/mol. The Labute approximate surface area is 144 Å². The van der Waals surface area contributed by atoms with Crippen molar-refractivity contribution in [1.29, 1.82) is 0 Å². The highest BCUT2D eigenvalue weighted by molar-refractivity contribution is 7.19. The van der Waals surface area contributed by atoms with Crippen LogP contribution in [0.3, 0.4) is 0 Å². The Morgan fingerprint density at radius 2 is 1.75 bits per heavy atom. The molecule has 0 saturated carbocycles. The third-order valence-electron chi connectivity index (χ3n) is 3.90. The van der Waals surface area contributed by atoms with Gasteiger partial charge in [0.25, 0.3) is 0 Å². The Hall–Kier alpha value is -2.73. The van der Waals surface area contributed by atoms with Gasteiger partial charge in [0.15, 0.2) is 5.82 Å². The van der Waals surface area contributed by atoms with Gasteiger partial charge in [-0.05, 0) is 37.3 Å². The maximum absolute atomic E-state index is 4.72. The van der Waals surface area contributed by atoms with Crippen LogP contribution in [0.15, 0.2) is 48.5 Å². The van der Waals surface area contributed by atoms with Gasteiger partial charge in [-0.2, -0.15) is 9.61 Å². The third kappa shape index (κ3) is 2.55. The first-order chi connectivity index (χ1) is 11.6. The number of aromatic nitrogens is 4. The smallest absolute Gasteiger partial charge is 0.235 e. The van der Waals surface area contributed by atoms with Gasteiger partial charge in [0.05, 0.1) is 0 Å². The molecule has 5 nitrogen and oxygen atoms in total. The first-order valence-electron chi connectivity index (χ1n) is 7.69. The minimum Gasteiger partial charge on any atom is -0.378 e. The van der Waals surface area contributed by atoms with E-state index in [2.05, 4.69) is 64.5 Å². The van der Waals surface area contributed by atoms with Crippen LogP contribution in [-0.2, 0) is 0 Å². The molecule has 0 aliphatic carbocycles. The first kappa shape index (κ1) is 14.8. The van der Waals surface area contributed by atoms with E-state index in [1.807, 2.05) is 24.7 Å². The molecule has 4 aromatic rings. The van der Waals surface area contributed by atoms with Crippen LogP contribution >= 0.6 is 11.3 Å². The summed E-state index contributed by atoms with van der Waals surface area (Å²) < 4.78 is 1.83. The van der Waals surface area contributed by atoms with E-state index in [-0.39, 0.29) is 0 Å². The second-order valence-electron chi connectivity index (χ2n) is 5.94. The van der Waals surface area contributed by atoms with Gasteiger partial charge >= 0.3 is 0 Å². The molecule has 120 valence electrons. The number of fused-ring (bicyclic) bond motifs is 1. The molecule has 4 rings (SSSR count). The summed E-state index contributed by atoms with van der Waals surface area (Å²) in [5.41, 5.74) is 4.49. The molecule has 0 unspecified atom stereocenters. The Balaban J connectivity index is 1.77. The van der Waals surface area contributed by atoms with Gasteiger partial charge in [-0.15, -0.1) is 10.2 Å². The van der Waals surface area contributed by atoms with Gasteiger partial charge in [0.1, 0.15) is 5.01 Å². The molecule has 6 heteroatoms. The predicted octanol–water partition coefficient (Wildman–Crippen LogP) is 3.89. The number of nitrogens with zero attached hydrogens (tertiary/aromatic N) is 5. The molecule has 24 heavy (non-hydrogen) atoms. The second kappa shape index (κ2) is 5.72. The van der Waals surface area contributed by atoms with Crippen LogP contribution in [0, 0.1) is 6.92 Å². The summed E-state index contributed by atoms with van der Waals surface area (Å²) in [4.78, 5) is 2.88. The zero-order valence-electron chi connectivity index (χ0n) is 13.8. The van der Waals surface area contributed by atoms with E-state index in [0.29, 0.717) is 0 Å². The Morgan fingerprint density at radius 1 is 0.958 bits per heavy atom. The average Bonchev–Trinajstić information content (AvgIpc) is 3.15. The molecule has 2 heterocycles. The normalized spacial score (nSPS) is 11.1. The lowest BCUT2D eigenvalue weighted by molar-refractivity contribution is 0.970. The molecule has 0 N–H and O–H groups in total. The van der Waals surface area contributed by atoms with Crippen LogP contribution in [0.5, 0.6) is 0 Å². The van der Waals surface area contributed by atoms with Crippen LogP contribution < -0.4 is 4.90 Å². The predicted molar refractivity (Wildman–Crippen MR) is 98.6 cm³/mol. The maximum Gasteiger partial charge on any atom is 0.235 e. The highest BCUT2D eigenvalue weighted by Crippen LogP contribution is 2.29. The molecule has 0 spiro atoms. The highest BCUT2D eigenvalue weighted by atomic mass is 32.1. The van der Waals surface area contributed by atoms with Crippen LogP contribution in [0.4, 0.5) is 5.69 Å². The van der Waals surface area contributed by atoms with E-state index in [1.165, 1.54) is 5.56 Å². The van der Waals surface area contributed by atoms with Crippen molar-refractivity contribution in [2.24, 2.45) is 0 Å². The number of hydrogen-bond acceptors (Lipinski definition) is 5. The molecular formula is C18H17N5S. The molecule has 0 radical (unpaired) electrons. The number of rotatable bonds is 3. The standard InChI is InChI=1S/C18H17N5S/c1-12-5-4-6-14(11-12)17-21-23-16(19-20-18(23)24-17)13-7-9-15(10-8-13)22(2)3/h4-11H,1-3H3.